The second kappa shape index (κ2) is 5.29. The molecule has 0 spiro atoms. The van der Waals surface area contributed by atoms with E-state index in [1.165, 1.54) is 27.8 Å². The number of nitrogens with one attached hydrogen (secondary N) is 1. The highest BCUT2D eigenvalue weighted by atomic mass is 16.5. The molecular formula is C18H21NO. The van der Waals surface area contributed by atoms with Crippen LogP contribution < -0.4 is 10.1 Å². The predicted octanol–water partition coefficient (Wildman–Crippen LogP) is 3.55. The molecule has 2 aromatic rings. The molecule has 0 aliphatic carbocycles. The average Bonchev–Trinajstić information content (AvgIpc) is 2.46. The Morgan fingerprint density at radius 2 is 1.85 bits per heavy atom. The first kappa shape index (κ1) is 13.2. The van der Waals surface area contributed by atoms with E-state index < -0.39 is 0 Å². The number of benzene rings is 2. The van der Waals surface area contributed by atoms with Gasteiger partial charge in [-0.2, -0.15) is 0 Å². The van der Waals surface area contributed by atoms with Crippen LogP contribution in [0, 0.1) is 13.8 Å². The lowest BCUT2D eigenvalue weighted by Crippen LogP contribution is -2.31. The molecule has 0 aromatic heterocycles. The molecule has 3 rings (SSSR count). The zero-order valence-electron chi connectivity index (χ0n) is 12.4. The van der Waals surface area contributed by atoms with Crippen molar-refractivity contribution < 1.29 is 4.74 Å². The van der Waals surface area contributed by atoms with Crippen LogP contribution >= 0.6 is 0 Å². The Labute approximate surface area is 120 Å². The van der Waals surface area contributed by atoms with Gasteiger partial charge in [-0.3, -0.25) is 0 Å². The Morgan fingerprint density at radius 3 is 2.60 bits per heavy atom. The van der Waals surface area contributed by atoms with Gasteiger partial charge in [-0.1, -0.05) is 29.8 Å². The monoisotopic (exact) mass is 267 g/mol. The van der Waals surface area contributed by atoms with Gasteiger partial charge < -0.3 is 10.1 Å². The minimum Gasteiger partial charge on any atom is -0.497 e. The molecule has 2 heteroatoms. The molecule has 0 radical (unpaired) electrons. The van der Waals surface area contributed by atoms with Crippen LogP contribution in [-0.4, -0.2) is 13.7 Å². The van der Waals surface area contributed by atoms with E-state index in [1.807, 2.05) is 0 Å². The summed E-state index contributed by atoms with van der Waals surface area (Å²) in [7, 11) is 1.73. The first-order valence-corrected chi connectivity index (χ1v) is 7.16. The van der Waals surface area contributed by atoms with Gasteiger partial charge in [-0.15, -0.1) is 0 Å². The smallest absolute Gasteiger partial charge is 0.119 e. The summed E-state index contributed by atoms with van der Waals surface area (Å²) >= 11 is 0. The Balaban J connectivity index is 2.05. The highest BCUT2D eigenvalue weighted by molar-refractivity contribution is 5.46. The van der Waals surface area contributed by atoms with Gasteiger partial charge in [-0.05, 0) is 54.7 Å². The van der Waals surface area contributed by atoms with Crippen LogP contribution in [0.1, 0.15) is 33.9 Å². The van der Waals surface area contributed by atoms with Crippen LogP contribution in [0.5, 0.6) is 5.75 Å². The molecule has 1 aliphatic rings. The molecule has 1 N–H and O–H groups in total. The van der Waals surface area contributed by atoms with Crippen LogP contribution in [0.2, 0.25) is 0 Å². The van der Waals surface area contributed by atoms with Crippen molar-refractivity contribution >= 4 is 0 Å². The number of methoxy groups -OCH3 is 1. The zero-order chi connectivity index (χ0) is 14.1. The summed E-state index contributed by atoms with van der Waals surface area (Å²) in [5.41, 5.74) is 6.82. The maximum Gasteiger partial charge on any atom is 0.119 e. The topological polar surface area (TPSA) is 21.3 Å². The van der Waals surface area contributed by atoms with E-state index in [4.69, 9.17) is 4.74 Å². The van der Waals surface area contributed by atoms with Crippen LogP contribution in [0.3, 0.4) is 0 Å². The highest BCUT2D eigenvalue weighted by Crippen LogP contribution is 2.32. The fourth-order valence-corrected chi connectivity index (χ4v) is 3.10. The van der Waals surface area contributed by atoms with Gasteiger partial charge in [0.25, 0.3) is 0 Å². The minimum atomic E-state index is 0.297. The van der Waals surface area contributed by atoms with E-state index in [9.17, 15) is 0 Å². The van der Waals surface area contributed by atoms with E-state index in [2.05, 4.69) is 55.6 Å². The van der Waals surface area contributed by atoms with Crippen LogP contribution in [-0.2, 0) is 6.42 Å². The Morgan fingerprint density at radius 1 is 1.05 bits per heavy atom. The second-order valence-electron chi connectivity index (χ2n) is 5.56. The minimum absolute atomic E-state index is 0.297. The van der Waals surface area contributed by atoms with Gasteiger partial charge in [0.1, 0.15) is 5.75 Å². The largest absolute Gasteiger partial charge is 0.497 e. The highest BCUT2D eigenvalue weighted by Gasteiger charge is 2.22. The predicted molar refractivity (Wildman–Crippen MR) is 82.5 cm³/mol. The average molecular weight is 267 g/mol. The molecule has 1 heterocycles. The Bertz CT molecular complexity index is 633. The molecule has 20 heavy (non-hydrogen) atoms. The van der Waals surface area contributed by atoms with Crippen molar-refractivity contribution in [1.29, 1.82) is 0 Å². The van der Waals surface area contributed by atoms with Crippen molar-refractivity contribution in [3.8, 4) is 5.75 Å². The van der Waals surface area contributed by atoms with Gasteiger partial charge in [-0.25, -0.2) is 0 Å². The number of rotatable bonds is 2. The number of fused-ring (bicyclic) bond motifs is 1. The van der Waals surface area contributed by atoms with E-state index in [0.717, 1.165) is 18.7 Å². The van der Waals surface area contributed by atoms with Crippen LogP contribution in [0.4, 0.5) is 0 Å². The van der Waals surface area contributed by atoms with E-state index in [0.29, 0.717) is 6.04 Å². The molecule has 0 fully saturated rings. The molecule has 0 saturated carbocycles. The molecule has 2 aromatic carbocycles. The van der Waals surface area contributed by atoms with Crippen LogP contribution in [0.25, 0.3) is 0 Å². The summed E-state index contributed by atoms with van der Waals surface area (Å²) in [6.07, 6.45) is 1.06. The zero-order valence-corrected chi connectivity index (χ0v) is 12.4. The fourth-order valence-electron chi connectivity index (χ4n) is 3.10. The van der Waals surface area contributed by atoms with E-state index in [1.54, 1.807) is 7.11 Å². The number of aryl methyl sites for hydroxylation is 2. The van der Waals surface area contributed by atoms with Gasteiger partial charge in [0, 0.05) is 6.54 Å². The van der Waals surface area contributed by atoms with Crippen molar-refractivity contribution in [1.82, 2.24) is 5.32 Å². The second-order valence-corrected chi connectivity index (χ2v) is 5.56. The van der Waals surface area contributed by atoms with Gasteiger partial charge >= 0.3 is 0 Å². The SMILES string of the molecule is COc1ccc2c(c1)CCNC2c1ccc(C)cc1C. The molecule has 0 bridgehead atoms. The third-order valence-electron chi connectivity index (χ3n) is 4.14. The number of hydrogen-bond acceptors (Lipinski definition) is 2. The third-order valence-corrected chi connectivity index (χ3v) is 4.14. The maximum absolute atomic E-state index is 5.34. The third kappa shape index (κ3) is 2.32. The number of ether oxygens (including phenoxy) is 1. The summed E-state index contributed by atoms with van der Waals surface area (Å²) in [6.45, 7) is 5.35. The normalized spacial score (nSPS) is 17.6. The van der Waals surface area contributed by atoms with Crippen molar-refractivity contribution in [2.45, 2.75) is 26.3 Å². The van der Waals surface area contributed by atoms with Crippen molar-refractivity contribution in [3.63, 3.8) is 0 Å². The standard InChI is InChI=1S/C18H21NO/c1-12-4-6-16(13(2)10-12)18-17-7-5-15(20-3)11-14(17)8-9-19-18/h4-7,10-11,18-19H,8-9H2,1-3H3. The maximum atomic E-state index is 5.34. The molecule has 0 amide bonds. The van der Waals surface area contributed by atoms with Gasteiger partial charge in [0.2, 0.25) is 0 Å². The first-order valence-electron chi connectivity index (χ1n) is 7.16. The van der Waals surface area contributed by atoms with Crippen molar-refractivity contribution in [2.24, 2.45) is 0 Å². The summed E-state index contributed by atoms with van der Waals surface area (Å²) < 4.78 is 5.34. The number of hydrogen-bond donors (Lipinski definition) is 1. The Kier molecular flexibility index (Phi) is 3.49. The van der Waals surface area contributed by atoms with E-state index >= 15 is 0 Å². The molecule has 2 nitrogen and oxygen atoms in total. The molecule has 104 valence electrons. The van der Waals surface area contributed by atoms with Crippen LogP contribution in [0.15, 0.2) is 36.4 Å². The summed E-state index contributed by atoms with van der Waals surface area (Å²) in [5, 5.41) is 3.65. The van der Waals surface area contributed by atoms with Crippen molar-refractivity contribution in [2.75, 3.05) is 13.7 Å². The van der Waals surface area contributed by atoms with Gasteiger partial charge in [0.15, 0.2) is 0 Å². The lowest BCUT2D eigenvalue weighted by atomic mass is 9.87. The Hall–Kier alpha value is -1.80. The summed E-state index contributed by atoms with van der Waals surface area (Å²) in [4.78, 5) is 0. The molecular weight excluding hydrogens is 246 g/mol. The quantitative estimate of drug-likeness (QED) is 0.898. The first-order chi connectivity index (χ1) is 9.69. The van der Waals surface area contributed by atoms with Gasteiger partial charge in [0.05, 0.1) is 13.2 Å². The lowest BCUT2D eigenvalue weighted by molar-refractivity contribution is 0.413. The molecule has 1 unspecified atom stereocenters. The van der Waals surface area contributed by atoms with Crippen molar-refractivity contribution in [3.05, 3.63) is 64.2 Å². The molecule has 1 aliphatic heterocycles. The summed E-state index contributed by atoms with van der Waals surface area (Å²) in [6, 6.07) is 13.4. The van der Waals surface area contributed by atoms with E-state index in [-0.39, 0.29) is 0 Å². The summed E-state index contributed by atoms with van der Waals surface area (Å²) in [5.74, 6) is 0.949. The molecule has 0 saturated heterocycles. The molecule has 1 atom stereocenters. The fraction of sp³-hybridized carbons (Fsp3) is 0.333. The lowest BCUT2D eigenvalue weighted by Gasteiger charge is -2.29.